The maximum atomic E-state index is 11.8. The smallest absolute Gasteiger partial charge is 0.260 e. The van der Waals surface area contributed by atoms with Gasteiger partial charge in [-0.1, -0.05) is 32.9 Å². The zero-order valence-corrected chi connectivity index (χ0v) is 13.0. The molecule has 4 nitrogen and oxygen atoms in total. The second-order valence-electron chi connectivity index (χ2n) is 5.82. The van der Waals surface area contributed by atoms with Crippen molar-refractivity contribution in [3.8, 4) is 5.75 Å². The SMILES string of the molecule is COCCNC(=O)[C@@H](C)Oc1ccc(C(C)(C)C)cc1. The Labute approximate surface area is 121 Å². The summed E-state index contributed by atoms with van der Waals surface area (Å²) < 4.78 is 10.5. The average Bonchev–Trinajstić information content (AvgIpc) is 2.38. The summed E-state index contributed by atoms with van der Waals surface area (Å²) in [5.41, 5.74) is 1.35. The Morgan fingerprint density at radius 2 is 1.85 bits per heavy atom. The van der Waals surface area contributed by atoms with Gasteiger partial charge in [0, 0.05) is 13.7 Å². The highest BCUT2D eigenvalue weighted by Crippen LogP contribution is 2.24. The lowest BCUT2D eigenvalue weighted by atomic mass is 9.87. The van der Waals surface area contributed by atoms with Crippen LogP contribution in [0.25, 0.3) is 0 Å². The molecule has 0 aliphatic rings. The minimum absolute atomic E-state index is 0.113. The van der Waals surface area contributed by atoms with Crippen molar-refractivity contribution in [2.24, 2.45) is 0 Å². The molecule has 20 heavy (non-hydrogen) atoms. The van der Waals surface area contributed by atoms with Gasteiger partial charge < -0.3 is 14.8 Å². The number of amides is 1. The van der Waals surface area contributed by atoms with Gasteiger partial charge in [0.15, 0.2) is 6.10 Å². The predicted octanol–water partition coefficient (Wildman–Crippen LogP) is 2.51. The van der Waals surface area contributed by atoms with Crippen LogP contribution in [-0.2, 0) is 14.9 Å². The molecule has 0 aliphatic heterocycles. The molecule has 0 bridgehead atoms. The normalized spacial score (nSPS) is 12.8. The molecule has 4 heteroatoms. The summed E-state index contributed by atoms with van der Waals surface area (Å²) in [5, 5.41) is 2.75. The Hall–Kier alpha value is -1.55. The molecule has 1 aromatic rings. The summed E-state index contributed by atoms with van der Waals surface area (Å²) in [6.45, 7) is 9.21. The van der Waals surface area contributed by atoms with E-state index in [1.54, 1.807) is 14.0 Å². The Morgan fingerprint density at radius 3 is 2.35 bits per heavy atom. The number of carbonyl (C=O) groups excluding carboxylic acids is 1. The van der Waals surface area contributed by atoms with Crippen molar-refractivity contribution < 1.29 is 14.3 Å². The lowest BCUT2D eigenvalue weighted by Crippen LogP contribution is -2.37. The third-order valence-corrected chi connectivity index (χ3v) is 3.01. The third kappa shape index (κ3) is 5.21. The molecule has 112 valence electrons. The molecular weight excluding hydrogens is 254 g/mol. The maximum Gasteiger partial charge on any atom is 0.260 e. The van der Waals surface area contributed by atoms with Crippen molar-refractivity contribution in [3.63, 3.8) is 0 Å². The van der Waals surface area contributed by atoms with Gasteiger partial charge >= 0.3 is 0 Å². The highest BCUT2D eigenvalue weighted by Gasteiger charge is 2.16. The van der Waals surface area contributed by atoms with Gasteiger partial charge in [-0.3, -0.25) is 4.79 Å². The number of rotatable bonds is 6. The number of methoxy groups -OCH3 is 1. The van der Waals surface area contributed by atoms with E-state index in [9.17, 15) is 4.79 Å². The summed E-state index contributed by atoms with van der Waals surface area (Å²) in [7, 11) is 1.60. The zero-order chi connectivity index (χ0) is 15.2. The van der Waals surface area contributed by atoms with Crippen molar-refractivity contribution in [3.05, 3.63) is 29.8 Å². The standard InChI is InChI=1S/C16H25NO3/c1-12(15(18)17-10-11-19-5)20-14-8-6-13(7-9-14)16(2,3)4/h6-9,12H,10-11H2,1-5H3,(H,17,18)/t12-/m1/s1. The third-order valence-electron chi connectivity index (χ3n) is 3.01. The summed E-state index contributed by atoms with van der Waals surface area (Å²) in [4.78, 5) is 11.8. The van der Waals surface area contributed by atoms with E-state index in [4.69, 9.17) is 9.47 Å². The van der Waals surface area contributed by atoms with Crippen molar-refractivity contribution in [2.45, 2.75) is 39.2 Å². The first-order chi connectivity index (χ1) is 9.34. The zero-order valence-electron chi connectivity index (χ0n) is 13.0. The Balaban J connectivity index is 2.53. The number of carbonyl (C=O) groups is 1. The number of hydrogen-bond acceptors (Lipinski definition) is 3. The average molecular weight is 279 g/mol. The summed E-state index contributed by atoms with van der Waals surface area (Å²) in [6, 6.07) is 7.87. The van der Waals surface area contributed by atoms with E-state index >= 15 is 0 Å². The molecule has 1 N–H and O–H groups in total. The second kappa shape index (κ2) is 7.29. The highest BCUT2D eigenvalue weighted by molar-refractivity contribution is 5.80. The fourth-order valence-electron chi connectivity index (χ4n) is 1.71. The fourth-order valence-corrected chi connectivity index (χ4v) is 1.71. The maximum absolute atomic E-state index is 11.8. The van der Waals surface area contributed by atoms with E-state index < -0.39 is 6.10 Å². The second-order valence-corrected chi connectivity index (χ2v) is 5.82. The van der Waals surface area contributed by atoms with Crippen LogP contribution < -0.4 is 10.1 Å². The molecule has 0 aliphatic carbocycles. The molecule has 0 spiro atoms. The molecular formula is C16H25NO3. The number of nitrogens with one attached hydrogen (secondary N) is 1. The van der Waals surface area contributed by atoms with Gasteiger partial charge in [0.2, 0.25) is 0 Å². The van der Waals surface area contributed by atoms with E-state index in [-0.39, 0.29) is 11.3 Å². The molecule has 0 saturated heterocycles. The molecule has 0 aromatic heterocycles. The first-order valence-electron chi connectivity index (χ1n) is 6.88. The van der Waals surface area contributed by atoms with Crippen LogP contribution in [-0.4, -0.2) is 32.3 Å². The number of hydrogen-bond donors (Lipinski definition) is 1. The van der Waals surface area contributed by atoms with Gasteiger partial charge in [0.1, 0.15) is 5.75 Å². The molecule has 0 fully saturated rings. The molecule has 1 aromatic carbocycles. The van der Waals surface area contributed by atoms with Gasteiger partial charge in [-0.15, -0.1) is 0 Å². The van der Waals surface area contributed by atoms with Crippen LogP contribution in [0.5, 0.6) is 5.75 Å². The summed E-state index contributed by atoms with van der Waals surface area (Å²) >= 11 is 0. The van der Waals surface area contributed by atoms with Crippen LogP contribution in [0.15, 0.2) is 24.3 Å². The van der Waals surface area contributed by atoms with Crippen LogP contribution in [0.2, 0.25) is 0 Å². The first kappa shape index (κ1) is 16.5. The van der Waals surface area contributed by atoms with Gasteiger partial charge in [-0.25, -0.2) is 0 Å². The van der Waals surface area contributed by atoms with Crippen LogP contribution in [0, 0.1) is 0 Å². The quantitative estimate of drug-likeness (QED) is 0.814. The number of ether oxygens (including phenoxy) is 2. The lowest BCUT2D eigenvalue weighted by molar-refractivity contribution is -0.127. The van der Waals surface area contributed by atoms with Crippen LogP contribution in [0.4, 0.5) is 0 Å². The van der Waals surface area contributed by atoms with Crippen molar-refractivity contribution in [1.82, 2.24) is 5.32 Å². The predicted molar refractivity (Wildman–Crippen MR) is 80.1 cm³/mol. The number of benzene rings is 1. The Kier molecular flexibility index (Phi) is 6.02. The molecule has 1 atom stereocenters. The van der Waals surface area contributed by atoms with E-state index in [1.165, 1.54) is 5.56 Å². The Bertz CT molecular complexity index is 420. The molecule has 0 heterocycles. The van der Waals surface area contributed by atoms with Crippen LogP contribution >= 0.6 is 0 Å². The largest absolute Gasteiger partial charge is 0.481 e. The van der Waals surface area contributed by atoms with E-state index in [2.05, 4.69) is 26.1 Å². The first-order valence-corrected chi connectivity index (χ1v) is 6.88. The fraction of sp³-hybridized carbons (Fsp3) is 0.562. The van der Waals surface area contributed by atoms with Gasteiger partial charge in [0.25, 0.3) is 5.91 Å². The summed E-state index contributed by atoms with van der Waals surface area (Å²) in [6.07, 6.45) is -0.521. The molecule has 0 saturated carbocycles. The van der Waals surface area contributed by atoms with Crippen LogP contribution in [0.3, 0.4) is 0 Å². The minimum atomic E-state index is -0.521. The van der Waals surface area contributed by atoms with E-state index in [1.807, 2.05) is 24.3 Å². The molecule has 0 unspecified atom stereocenters. The van der Waals surface area contributed by atoms with Crippen LogP contribution in [0.1, 0.15) is 33.3 Å². The molecule has 0 radical (unpaired) electrons. The van der Waals surface area contributed by atoms with Gasteiger partial charge in [-0.05, 0) is 30.0 Å². The minimum Gasteiger partial charge on any atom is -0.481 e. The topological polar surface area (TPSA) is 47.6 Å². The lowest BCUT2D eigenvalue weighted by Gasteiger charge is -2.20. The van der Waals surface area contributed by atoms with Crippen molar-refractivity contribution in [2.75, 3.05) is 20.3 Å². The summed E-state index contributed by atoms with van der Waals surface area (Å²) in [5.74, 6) is 0.564. The van der Waals surface area contributed by atoms with Gasteiger partial charge in [-0.2, -0.15) is 0 Å². The van der Waals surface area contributed by atoms with Gasteiger partial charge in [0.05, 0.1) is 6.61 Å². The van der Waals surface area contributed by atoms with Crippen molar-refractivity contribution >= 4 is 5.91 Å². The molecule has 1 rings (SSSR count). The highest BCUT2D eigenvalue weighted by atomic mass is 16.5. The van der Waals surface area contributed by atoms with Crippen molar-refractivity contribution in [1.29, 1.82) is 0 Å². The van der Waals surface area contributed by atoms with E-state index in [0.29, 0.717) is 18.9 Å². The molecule has 1 amide bonds. The van der Waals surface area contributed by atoms with E-state index in [0.717, 1.165) is 0 Å². The Morgan fingerprint density at radius 1 is 1.25 bits per heavy atom. The monoisotopic (exact) mass is 279 g/mol.